The van der Waals surface area contributed by atoms with Crippen molar-refractivity contribution in [2.24, 2.45) is 5.92 Å². The lowest BCUT2D eigenvalue weighted by molar-refractivity contribution is 0.358. The lowest BCUT2D eigenvalue weighted by Crippen LogP contribution is -2.26. The van der Waals surface area contributed by atoms with Gasteiger partial charge in [0.2, 0.25) is 0 Å². The van der Waals surface area contributed by atoms with Crippen LogP contribution in [-0.4, -0.2) is 11.0 Å². The Kier molecular flexibility index (Phi) is 3.85. The third kappa shape index (κ3) is 2.97. The Morgan fingerprint density at radius 1 is 1.44 bits per heavy atom. The molecule has 16 heavy (non-hydrogen) atoms. The van der Waals surface area contributed by atoms with Crippen molar-refractivity contribution < 1.29 is 0 Å². The third-order valence-corrected chi connectivity index (χ3v) is 3.76. The summed E-state index contributed by atoms with van der Waals surface area (Å²) in [6.45, 7) is 4.45. The van der Waals surface area contributed by atoms with Crippen LogP contribution in [0.15, 0.2) is 16.7 Å². The van der Waals surface area contributed by atoms with Gasteiger partial charge in [0.05, 0.1) is 0 Å². The minimum Gasteiger partial charge on any atom is -0.367 e. The van der Waals surface area contributed by atoms with E-state index >= 15 is 0 Å². The smallest absolute Gasteiger partial charge is 0.129 e. The van der Waals surface area contributed by atoms with E-state index in [1.54, 1.807) is 0 Å². The van der Waals surface area contributed by atoms with Gasteiger partial charge in [0, 0.05) is 16.7 Å². The molecule has 0 aromatic carbocycles. The minimum atomic E-state index is 0.608. The fraction of sp³-hybridized carbons (Fsp3) is 0.615. The second-order valence-electron chi connectivity index (χ2n) is 4.93. The molecule has 2 atom stereocenters. The molecule has 0 saturated heterocycles. The number of hydrogen-bond acceptors (Lipinski definition) is 2. The van der Waals surface area contributed by atoms with Gasteiger partial charge in [0.25, 0.3) is 0 Å². The van der Waals surface area contributed by atoms with Crippen LogP contribution in [0.4, 0.5) is 5.82 Å². The number of halogens is 1. The van der Waals surface area contributed by atoms with Crippen molar-refractivity contribution in [3.63, 3.8) is 0 Å². The second kappa shape index (κ2) is 5.17. The summed E-state index contributed by atoms with van der Waals surface area (Å²) in [4.78, 5) is 4.44. The lowest BCUT2D eigenvalue weighted by atomic mass is 9.87. The van der Waals surface area contributed by atoms with Crippen LogP contribution in [0.1, 0.15) is 38.2 Å². The fourth-order valence-electron chi connectivity index (χ4n) is 2.45. The van der Waals surface area contributed by atoms with E-state index in [9.17, 15) is 0 Å². The standard InChI is InChI=1S/C13H19BrN2/c1-9-4-3-5-12(6-9)16-13-10(2)7-11(14)8-15-13/h7-9,12H,3-6H2,1-2H3,(H,15,16). The topological polar surface area (TPSA) is 24.9 Å². The Morgan fingerprint density at radius 2 is 2.25 bits per heavy atom. The van der Waals surface area contributed by atoms with E-state index in [2.05, 4.69) is 46.1 Å². The summed E-state index contributed by atoms with van der Waals surface area (Å²) in [6.07, 6.45) is 7.14. The van der Waals surface area contributed by atoms with Gasteiger partial charge in [-0.05, 0) is 53.2 Å². The van der Waals surface area contributed by atoms with Gasteiger partial charge in [0.15, 0.2) is 0 Å². The highest BCUT2D eigenvalue weighted by Crippen LogP contribution is 2.27. The molecule has 1 heterocycles. The van der Waals surface area contributed by atoms with Crippen molar-refractivity contribution in [1.82, 2.24) is 4.98 Å². The number of aryl methyl sites for hydroxylation is 1. The van der Waals surface area contributed by atoms with Gasteiger partial charge in [-0.3, -0.25) is 0 Å². The molecule has 1 aromatic heterocycles. The maximum Gasteiger partial charge on any atom is 0.129 e. The van der Waals surface area contributed by atoms with Gasteiger partial charge in [-0.15, -0.1) is 0 Å². The Bertz CT molecular complexity index is 365. The Labute approximate surface area is 106 Å². The first-order chi connectivity index (χ1) is 7.65. The van der Waals surface area contributed by atoms with E-state index in [0.717, 1.165) is 16.2 Å². The number of hydrogen-bond donors (Lipinski definition) is 1. The molecular formula is C13H19BrN2. The first kappa shape index (κ1) is 11.9. The van der Waals surface area contributed by atoms with Crippen LogP contribution in [0.5, 0.6) is 0 Å². The van der Waals surface area contributed by atoms with Crippen molar-refractivity contribution in [2.75, 3.05) is 5.32 Å². The molecule has 1 saturated carbocycles. The fourth-order valence-corrected chi connectivity index (χ4v) is 2.90. The largest absolute Gasteiger partial charge is 0.367 e. The van der Waals surface area contributed by atoms with Gasteiger partial charge < -0.3 is 5.32 Å². The molecule has 0 aliphatic heterocycles. The predicted molar refractivity (Wildman–Crippen MR) is 71.7 cm³/mol. The summed E-state index contributed by atoms with van der Waals surface area (Å²) in [7, 11) is 0. The SMILES string of the molecule is Cc1cc(Br)cnc1NC1CCCC(C)C1. The zero-order valence-corrected chi connectivity index (χ0v) is 11.5. The molecule has 2 unspecified atom stereocenters. The lowest BCUT2D eigenvalue weighted by Gasteiger charge is -2.28. The molecule has 0 spiro atoms. The van der Waals surface area contributed by atoms with Crippen LogP contribution >= 0.6 is 15.9 Å². The molecule has 1 aliphatic carbocycles. The quantitative estimate of drug-likeness (QED) is 0.882. The zero-order valence-electron chi connectivity index (χ0n) is 9.96. The first-order valence-corrected chi connectivity index (χ1v) is 6.83. The molecule has 0 radical (unpaired) electrons. The van der Waals surface area contributed by atoms with E-state index in [1.165, 1.54) is 31.2 Å². The Balaban J connectivity index is 2.02. The number of nitrogens with zero attached hydrogens (tertiary/aromatic N) is 1. The summed E-state index contributed by atoms with van der Waals surface area (Å²) >= 11 is 3.44. The number of aromatic nitrogens is 1. The second-order valence-corrected chi connectivity index (χ2v) is 5.85. The average Bonchev–Trinajstić information content (AvgIpc) is 2.22. The molecule has 3 heteroatoms. The average molecular weight is 283 g/mol. The molecule has 1 aliphatic rings. The molecule has 0 bridgehead atoms. The summed E-state index contributed by atoms with van der Waals surface area (Å²) in [5, 5.41) is 3.57. The molecule has 2 nitrogen and oxygen atoms in total. The van der Waals surface area contributed by atoms with Crippen molar-refractivity contribution in [2.45, 2.75) is 45.6 Å². The molecule has 1 N–H and O–H groups in total. The molecule has 0 amide bonds. The van der Waals surface area contributed by atoms with Crippen molar-refractivity contribution in [3.8, 4) is 0 Å². The van der Waals surface area contributed by atoms with Crippen LogP contribution in [0.2, 0.25) is 0 Å². The van der Waals surface area contributed by atoms with E-state index in [0.29, 0.717) is 6.04 Å². The van der Waals surface area contributed by atoms with Crippen LogP contribution in [0.3, 0.4) is 0 Å². The van der Waals surface area contributed by atoms with Crippen molar-refractivity contribution in [3.05, 3.63) is 22.3 Å². The van der Waals surface area contributed by atoms with E-state index in [4.69, 9.17) is 0 Å². The first-order valence-electron chi connectivity index (χ1n) is 6.04. The van der Waals surface area contributed by atoms with Crippen LogP contribution in [0.25, 0.3) is 0 Å². The number of nitrogens with one attached hydrogen (secondary N) is 1. The van der Waals surface area contributed by atoms with Gasteiger partial charge in [-0.25, -0.2) is 4.98 Å². The third-order valence-electron chi connectivity index (χ3n) is 3.32. The van der Waals surface area contributed by atoms with Gasteiger partial charge in [0.1, 0.15) is 5.82 Å². The molecule has 1 aromatic rings. The van der Waals surface area contributed by atoms with Crippen LogP contribution in [-0.2, 0) is 0 Å². The van der Waals surface area contributed by atoms with Crippen molar-refractivity contribution >= 4 is 21.7 Å². The summed E-state index contributed by atoms with van der Waals surface area (Å²) < 4.78 is 1.05. The van der Waals surface area contributed by atoms with E-state index < -0.39 is 0 Å². The summed E-state index contributed by atoms with van der Waals surface area (Å²) in [5.74, 6) is 1.89. The molecule has 2 rings (SSSR count). The number of rotatable bonds is 2. The van der Waals surface area contributed by atoms with Gasteiger partial charge in [-0.2, -0.15) is 0 Å². The zero-order chi connectivity index (χ0) is 11.5. The van der Waals surface area contributed by atoms with Gasteiger partial charge >= 0.3 is 0 Å². The maximum atomic E-state index is 4.44. The van der Waals surface area contributed by atoms with Crippen LogP contribution < -0.4 is 5.32 Å². The maximum absolute atomic E-state index is 4.44. The number of pyridine rings is 1. The predicted octanol–water partition coefficient (Wildman–Crippen LogP) is 4.14. The van der Waals surface area contributed by atoms with E-state index in [-0.39, 0.29) is 0 Å². The molecule has 88 valence electrons. The molecular weight excluding hydrogens is 264 g/mol. The van der Waals surface area contributed by atoms with E-state index in [1.807, 2.05) is 6.20 Å². The highest BCUT2D eigenvalue weighted by Gasteiger charge is 2.19. The Morgan fingerprint density at radius 3 is 2.94 bits per heavy atom. The van der Waals surface area contributed by atoms with Crippen LogP contribution in [0, 0.1) is 12.8 Å². The summed E-state index contributed by atoms with van der Waals surface area (Å²) in [6, 6.07) is 2.72. The molecule has 1 fully saturated rings. The Hall–Kier alpha value is -0.570. The van der Waals surface area contributed by atoms with Gasteiger partial charge in [-0.1, -0.05) is 19.8 Å². The minimum absolute atomic E-state index is 0.608. The monoisotopic (exact) mass is 282 g/mol. The van der Waals surface area contributed by atoms with Crippen molar-refractivity contribution in [1.29, 1.82) is 0 Å². The normalized spacial score (nSPS) is 25.4. The highest BCUT2D eigenvalue weighted by molar-refractivity contribution is 9.10. The highest BCUT2D eigenvalue weighted by atomic mass is 79.9. The summed E-state index contributed by atoms with van der Waals surface area (Å²) in [5.41, 5.74) is 1.22. The number of anilines is 1.